The first-order chi connectivity index (χ1) is 7.98. The largest absolute Gasteiger partial charge is 0.362 e. The van der Waals surface area contributed by atoms with Crippen LogP contribution in [0.1, 0.15) is 31.3 Å². The summed E-state index contributed by atoms with van der Waals surface area (Å²) in [6, 6.07) is 3.35. The van der Waals surface area contributed by atoms with Crippen LogP contribution in [-0.2, 0) is 0 Å². The van der Waals surface area contributed by atoms with Gasteiger partial charge in [-0.15, -0.1) is 10.2 Å². The van der Waals surface area contributed by atoms with Crippen LogP contribution in [0.15, 0.2) is 12.1 Å². The van der Waals surface area contributed by atoms with Crippen molar-refractivity contribution in [2.75, 3.05) is 18.4 Å². The number of nitrogens with one attached hydrogen (secondary N) is 2. The first kappa shape index (κ1) is 13.4. The van der Waals surface area contributed by atoms with Crippen molar-refractivity contribution in [3.05, 3.63) is 17.8 Å². The van der Waals surface area contributed by atoms with E-state index < -0.39 is 0 Å². The van der Waals surface area contributed by atoms with Crippen molar-refractivity contribution < 1.29 is 4.79 Å². The lowest BCUT2D eigenvalue weighted by Gasteiger charge is -2.24. The Labute approximate surface area is 101 Å². The average Bonchev–Trinajstić information content (AvgIpc) is 2.30. The molecule has 1 amide bonds. The Bertz CT molecular complexity index is 374. The Morgan fingerprint density at radius 3 is 2.59 bits per heavy atom. The highest BCUT2D eigenvalue weighted by Crippen LogP contribution is 2.10. The van der Waals surface area contributed by atoms with Gasteiger partial charge in [-0.25, -0.2) is 0 Å². The van der Waals surface area contributed by atoms with Gasteiger partial charge in [0.25, 0.3) is 5.91 Å². The maximum Gasteiger partial charge on any atom is 0.271 e. The van der Waals surface area contributed by atoms with E-state index in [9.17, 15) is 4.79 Å². The number of hydrogen-bond donors (Lipinski definition) is 3. The first-order valence-electron chi connectivity index (χ1n) is 5.58. The Kier molecular flexibility index (Phi) is 4.39. The smallest absolute Gasteiger partial charge is 0.271 e. The Morgan fingerprint density at radius 1 is 1.41 bits per heavy atom. The molecule has 0 aliphatic rings. The Morgan fingerprint density at radius 2 is 2.12 bits per heavy atom. The molecule has 1 aromatic heterocycles. The molecular formula is C11H19N5O. The van der Waals surface area contributed by atoms with Crippen molar-refractivity contribution in [3.63, 3.8) is 0 Å². The lowest BCUT2D eigenvalue weighted by Crippen LogP contribution is -2.39. The van der Waals surface area contributed by atoms with Crippen LogP contribution in [0.2, 0.25) is 0 Å². The zero-order valence-corrected chi connectivity index (χ0v) is 10.4. The molecule has 0 saturated carbocycles. The number of nitrogens with two attached hydrogens (primary N) is 1. The summed E-state index contributed by atoms with van der Waals surface area (Å²) in [6.45, 7) is 6.83. The van der Waals surface area contributed by atoms with Gasteiger partial charge >= 0.3 is 0 Å². The third kappa shape index (κ3) is 3.99. The summed E-state index contributed by atoms with van der Waals surface area (Å²) in [5.41, 5.74) is 5.66. The van der Waals surface area contributed by atoms with E-state index in [4.69, 9.17) is 5.73 Å². The van der Waals surface area contributed by atoms with Crippen LogP contribution < -0.4 is 16.4 Å². The summed E-state index contributed by atoms with van der Waals surface area (Å²) in [5.74, 6) is 0.387. The highest BCUT2D eigenvalue weighted by Gasteiger charge is 2.16. The van der Waals surface area contributed by atoms with Crippen LogP contribution in [-0.4, -0.2) is 34.7 Å². The molecule has 1 rings (SSSR count). The second-order valence-electron chi connectivity index (χ2n) is 4.38. The topological polar surface area (TPSA) is 92.9 Å². The number of rotatable bonds is 5. The number of hydrogen-bond acceptors (Lipinski definition) is 5. The van der Waals surface area contributed by atoms with E-state index in [0.29, 0.717) is 24.6 Å². The molecule has 6 nitrogen and oxygen atoms in total. The van der Waals surface area contributed by atoms with Gasteiger partial charge in [0.15, 0.2) is 5.69 Å². The number of carbonyl (C=O) groups excluding carboxylic acids is 1. The highest BCUT2D eigenvalue weighted by molar-refractivity contribution is 5.92. The van der Waals surface area contributed by atoms with E-state index in [1.54, 1.807) is 12.1 Å². The highest BCUT2D eigenvalue weighted by atomic mass is 16.1. The number of carbonyl (C=O) groups is 1. The minimum atomic E-state index is -0.248. The van der Waals surface area contributed by atoms with E-state index in [2.05, 4.69) is 20.8 Å². The second-order valence-corrected chi connectivity index (χ2v) is 4.38. The summed E-state index contributed by atoms with van der Waals surface area (Å²) in [4.78, 5) is 11.4. The maximum atomic E-state index is 11.4. The van der Waals surface area contributed by atoms with Crippen LogP contribution in [0.3, 0.4) is 0 Å². The number of amides is 1. The van der Waals surface area contributed by atoms with Crippen molar-refractivity contribution in [1.82, 2.24) is 15.5 Å². The van der Waals surface area contributed by atoms with Gasteiger partial charge in [0.2, 0.25) is 0 Å². The lowest BCUT2D eigenvalue weighted by molar-refractivity contribution is 0.0950. The van der Waals surface area contributed by atoms with Gasteiger partial charge in [0.05, 0.1) is 0 Å². The summed E-state index contributed by atoms with van der Waals surface area (Å²) in [5, 5.41) is 13.6. The van der Waals surface area contributed by atoms with Gasteiger partial charge in [-0.3, -0.25) is 4.79 Å². The Hall–Kier alpha value is -1.69. The van der Waals surface area contributed by atoms with Gasteiger partial charge < -0.3 is 16.4 Å². The fourth-order valence-corrected chi connectivity index (χ4v) is 1.17. The quantitative estimate of drug-likeness (QED) is 0.688. The standard InChI is InChI=1S/C11H19N5O/c1-4-13-10(17)8-5-6-9(16-15-8)14-11(2,3)7-12/h5-6H,4,7,12H2,1-3H3,(H,13,17)(H,14,16). The number of nitrogens with zero attached hydrogens (tertiary/aromatic N) is 2. The summed E-state index contributed by atoms with van der Waals surface area (Å²) >= 11 is 0. The molecule has 94 valence electrons. The van der Waals surface area contributed by atoms with Gasteiger partial charge in [0, 0.05) is 18.6 Å². The molecule has 1 aromatic rings. The molecule has 0 fully saturated rings. The fourth-order valence-electron chi connectivity index (χ4n) is 1.17. The predicted octanol–water partition coefficient (Wildman–Crippen LogP) is 0.376. The van der Waals surface area contributed by atoms with Crippen molar-refractivity contribution >= 4 is 11.7 Å². The molecule has 0 unspecified atom stereocenters. The summed E-state index contributed by atoms with van der Waals surface area (Å²) < 4.78 is 0. The molecule has 0 bridgehead atoms. The second kappa shape index (κ2) is 5.58. The van der Waals surface area contributed by atoms with Crippen LogP contribution in [0.4, 0.5) is 5.82 Å². The molecule has 0 spiro atoms. The number of anilines is 1. The SMILES string of the molecule is CCNC(=O)c1ccc(NC(C)(C)CN)nn1. The molecule has 1 heterocycles. The van der Waals surface area contributed by atoms with Crippen LogP contribution in [0.5, 0.6) is 0 Å². The molecule has 4 N–H and O–H groups in total. The van der Waals surface area contributed by atoms with E-state index in [-0.39, 0.29) is 11.4 Å². The molecular weight excluding hydrogens is 218 g/mol. The van der Waals surface area contributed by atoms with E-state index in [1.165, 1.54) is 0 Å². The van der Waals surface area contributed by atoms with E-state index in [0.717, 1.165) is 0 Å². The van der Waals surface area contributed by atoms with Crippen molar-refractivity contribution in [2.45, 2.75) is 26.3 Å². The molecule has 0 aromatic carbocycles. The molecule has 0 saturated heterocycles. The monoisotopic (exact) mass is 237 g/mol. The summed E-state index contributed by atoms with van der Waals surface area (Å²) in [6.07, 6.45) is 0. The third-order valence-corrected chi connectivity index (χ3v) is 2.21. The zero-order valence-electron chi connectivity index (χ0n) is 10.4. The van der Waals surface area contributed by atoms with Crippen molar-refractivity contribution in [1.29, 1.82) is 0 Å². The molecule has 6 heteroatoms. The van der Waals surface area contributed by atoms with E-state index in [1.807, 2.05) is 20.8 Å². The average molecular weight is 237 g/mol. The minimum Gasteiger partial charge on any atom is -0.362 e. The van der Waals surface area contributed by atoms with Crippen molar-refractivity contribution in [2.24, 2.45) is 5.73 Å². The van der Waals surface area contributed by atoms with Crippen LogP contribution >= 0.6 is 0 Å². The van der Waals surface area contributed by atoms with Gasteiger partial charge in [0.1, 0.15) is 5.82 Å². The van der Waals surface area contributed by atoms with Gasteiger partial charge in [-0.2, -0.15) is 0 Å². The zero-order chi connectivity index (χ0) is 12.9. The maximum absolute atomic E-state index is 11.4. The Balaban J connectivity index is 2.71. The van der Waals surface area contributed by atoms with Gasteiger partial charge in [-0.05, 0) is 32.9 Å². The van der Waals surface area contributed by atoms with E-state index >= 15 is 0 Å². The molecule has 17 heavy (non-hydrogen) atoms. The summed E-state index contributed by atoms with van der Waals surface area (Å²) in [7, 11) is 0. The van der Waals surface area contributed by atoms with Crippen molar-refractivity contribution in [3.8, 4) is 0 Å². The molecule has 0 radical (unpaired) electrons. The van der Waals surface area contributed by atoms with Crippen LogP contribution in [0, 0.1) is 0 Å². The molecule has 0 aliphatic carbocycles. The molecule has 0 atom stereocenters. The van der Waals surface area contributed by atoms with Gasteiger partial charge in [-0.1, -0.05) is 0 Å². The first-order valence-corrected chi connectivity index (χ1v) is 5.58. The predicted molar refractivity (Wildman–Crippen MR) is 66.8 cm³/mol. The van der Waals surface area contributed by atoms with Crippen LogP contribution in [0.25, 0.3) is 0 Å². The lowest BCUT2D eigenvalue weighted by atomic mass is 10.1. The fraction of sp³-hybridized carbons (Fsp3) is 0.545. The number of aromatic nitrogens is 2. The molecule has 0 aliphatic heterocycles. The third-order valence-electron chi connectivity index (χ3n) is 2.21. The minimum absolute atomic E-state index is 0.218. The normalized spacial score (nSPS) is 11.1.